The second-order valence-corrected chi connectivity index (χ2v) is 4.87. The second kappa shape index (κ2) is 6.08. The lowest BCUT2D eigenvalue weighted by Crippen LogP contribution is -2.09. The average Bonchev–Trinajstić information content (AvgIpc) is 2.86. The van der Waals surface area contributed by atoms with Crippen molar-refractivity contribution in [2.45, 2.75) is 19.1 Å². The number of anilines is 1. The molecule has 2 aromatic rings. The molecular formula is C12H10F3N3O2S. The number of aliphatic carboxylic acids is 1. The van der Waals surface area contributed by atoms with Gasteiger partial charge in [-0.1, -0.05) is 24.3 Å². The first-order valence-corrected chi connectivity index (χ1v) is 6.57. The second-order valence-electron chi connectivity index (χ2n) is 4.11. The number of alkyl halides is 3. The van der Waals surface area contributed by atoms with E-state index < -0.39 is 18.0 Å². The molecule has 21 heavy (non-hydrogen) atoms. The van der Waals surface area contributed by atoms with Gasteiger partial charge >= 0.3 is 12.1 Å². The van der Waals surface area contributed by atoms with E-state index >= 15 is 0 Å². The summed E-state index contributed by atoms with van der Waals surface area (Å²) in [7, 11) is 0. The molecule has 0 aliphatic carbocycles. The van der Waals surface area contributed by atoms with Crippen molar-refractivity contribution in [3.63, 3.8) is 0 Å². The molecule has 0 fully saturated rings. The standard InChI is InChI=1S/C12H10F3N3O2S/c13-12(14,15)10-17-11(21-18-10)16-6-8-4-2-1-3-7(8)5-9(19)20/h1-4H,5-6H2,(H,19,20)(H,16,17,18). The molecule has 9 heteroatoms. The summed E-state index contributed by atoms with van der Waals surface area (Å²) < 4.78 is 40.3. The highest BCUT2D eigenvalue weighted by molar-refractivity contribution is 7.09. The van der Waals surface area contributed by atoms with Gasteiger partial charge in [0.25, 0.3) is 0 Å². The van der Waals surface area contributed by atoms with E-state index in [4.69, 9.17) is 5.11 Å². The van der Waals surface area contributed by atoms with Crippen LogP contribution in [0, 0.1) is 0 Å². The molecule has 0 unspecified atom stereocenters. The molecule has 1 aromatic heterocycles. The Kier molecular flexibility index (Phi) is 4.41. The maximum Gasteiger partial charge on any atom is 0.452 e. The van der Waals surface area contributed by atoms with Gasteiger partial charge in [-0.15, -0.1) is 0 Å². The Bertz CT molecular complexity index is 643. The Morgan fingerprint density at radius 2 is 1.95 bits per heavy atom. The lowest BCUT2D eigenvalue weighted by molar-refractivity contribution is -0.144. The molecule has 0 saturated heterocycles. The number of carboxylic acid groups (broad SMARTS) is 1. The zero-order chi connectivity index (χ0) is 15.5. The fourth-order valence-electron chi connectivity index (χ4n) is 1.65. The Morgan fingerprint density at radius 3 is 2.52 bits per heavy atom. The zero-order valence-electron chi connectivity index (χ0n) is 10.5. The van der Waals surface area contributed by atoms with Crippen LogP contribution in [0.3, 0.4) is 0 Å². The van der Waals surface area contributed by atoms with Crippen molar-refractivity contribution in [3.8, 4) is 0 Å². The third-order valence-corrected chi connectivity index (χ3v) is 3.24. The van der Waals surface area contributed by atoms with Crippen LogP contribution >= 0.6 is 11.5 Å². The number of halogens is 3. The summed E-state index contributed by atoms with van der Waals surface area (Å²) in [5, 5.41) is 11.6. The molecule has 1 aromatic carbocycles. The molecular weight excluding hydrogens is 307 g/mol. The van der Waals surface area contributed by atoms with Gasteiger partial charge in [0.15, 0.2) is 0 Å². The summed E-state index contributed by atoms with van der Waals surface area (Å²) in [6.45, 7) is 0.177. The predicted molar refractivity (Wildman–Crippen MR) is 70.0 cm³/mol. The van der Waals surface area contributed by atoms with Crippen LogP contribution in [-0.2, 0) is 23.9 Å². The van der Waals surface area contributed by atoms with E-state index in [1.165, 1.54) is 0 Å². The van der Waals surface area contributed by atoms with E-state index in [1.54, 1.807) is 24.3 Å². The monoisotopic (exact) mass is 317 g/mol. The fourth-order valence-corrected chi connectivity index (χ4v) is 2.23. The van der Waals surface area contributed by atoms with Crippen LogP contribution in [0.1, 0.15) is 17.0 Å². The Hall–Kier alpha value is -2.16. The smallest absolute Gasteiger partial charge is 0.452 e. The van der Waals surface area contributed by atoms with Crippen molar-refractivity contribution < 1.29 is 23.1 Å². The number of rotatable bonds is 5. The van der Waals surface area contributed by atoms with Gasteiger partial charge in [-0.2, -0.15) is 22.5 Å². The summed E-state index contributed by atoms with van der Waals surface area (Å²) in [6.07, 6.45) is -4.72. The van der Waals surface area contributed by atoms with E-state index in [9.17, 15) is 18.0 Å². The molecule has 0 aliphatic rings. The molecule has 0 atom stereocenters. The number of hydrogen-bond donors (Lipinski definition) is 2. The van der Waals surface area contributed by atoms with Gasteiger partial charge in [-0.3, -0.25) is 4.79 Å². The molecule has 0 saturated carbocycles. The first-order chi connectivity index (χ1) is 9.86. The quantitative estimate of drug-likeness (QED) is 0.887. The fraction of sp³-hybridized carbons (Fsp3) is 0.250. The molecule has 0 spiro atoms. The van der Waals surface area contributed by atoms with Crippen molar-refractivity contribution in [1.82, 2.24) is 9.36 Å². The van der Waals surface area contributed by atoms with Crippen LogP contribution in [0.5, 0.6) is 0 Å². The Labute approximate surface area is 121 Å². The van der Waals surface area contributed by atoms with E-state index in [1.807, 2.05) is 0 Å². The molecule has 0 aliphatic heterocycles. The third kappa shape index (κ3) is 4.15. The average molecular weight is 317 g/mol. The van der Waals surface area contributed by atoms with Crippen LogP contribution < -0.4 is 5.32 Å². The summed E-state index contributed by atoms with van der Waals surface area (Å²) in [4.78, 5) is 14.1. The van der Waals surface area contributed by atoms with Gasteiger partial charge in [0.05, 0.1) is 6.42 Å². The summed E-state index contributed by atoms with van der Waals surface area (Å²) in [5.41, 5.74) is 1.28. The van der Waals surface area contributed by atoms with Gasteiger partial charge in [-0.05, 0) is 11.1 Å². The molecule has 0 bridgehead atoms. The minimum Gasteiger partial charge on any atom is -0.481 e. The lowest BCUT2D eigenvalue weighted by atomic mass is 10.0. The largest absolute Gasteiger partial charge is 0.481 e. The number of carboxylic acids is 1. The van der Waals surface area contributed by atoms with Gasteiger partial charge in [0.1, 0.15) is 0 Å². The van der Waals surface area contributed by atoms with Crippen LogP contribution in [0.2, 0.25) is 0 Å². The molecule has 0 amide bonds. The number of benzene rings is 1. The topological polar surface area (TPSA) is 75.1 Å². The highest BCUT2D eigenvalue weighted by Crippen LogP contribution is 2.29. The maximum absolute atomic E-state index is 12.4. The van der Waals surface area contributed by atoms with Crippen molar-refractivity contribution in [3.05, 3.63) is 41.2 Å². The number of aromatic nitrogens is 2. The van der Waals surface area contributed by atoms with Crippen LogP contribution in [0.25, 0.3) is 0 Å². The Morgan fingerprint density at radius 1 is 1.29 bits per heavy atom. The van der Waals surface area contributed by atoms with Crippen LogP contribution in [0.15, 0.2) is 24.3 Å². The van der Waals surface area contributed by atoms with Gasteiger partial charge in [0, 0.05) is 18.1 Å². The van der Waals surface area contributed by atoms with Crippen LogP contribution in [-0.4, -0.2) is 20.4 Å². The van der Waals surface area contributed by atoms with Crippen molar-refractivity contribution >= 4 is 22.6 Å². The Balaban J connectivity index is 2.06. The van der Waals surface area contributed by atoms with Crippen LogP contribution in [0.4, 0.5) is 18.3 Å². The number of hydrogen-bond acceptors (Lipinski definition) is 5. The number of carbonyl (C=O) groups is 1. The van der Waals surface area contributed by atoms with Crippen molar-refractivity contribution in [2.24, 2.45) is 0 Å². The van der Waals surface area contributed by atoms with E-state index in [0.29, 0.717) is 22.7 Å². The summed E-state index contributed by atoms with van der Waals surface area (Å²) in [6, 6.07) is 6.79. The number of nitrogens with zero attached hydrogens (tertiary/aromatic N) is 2. The van der Waals surface area contributed by atoms with Crippen molar-refractivity contribution in [2.75, 3.05) is 5.32 Å². The van der Waals surface area contributed by atoms with E-state index in [2.05, 4.69) is 14.7 Å². The lowest BCUT2D eigenvalue weighted by Gasteiger charge is -2.08. The first kappa shape index (κ1) is 15.2. The minimum absolute atomic E-state index is 0.0347. The molecule has 0 radical (unpaired) electrons. The number of nitrogens with one attached hydrogen (secondary N) is 1. The van der Waals surface area contributed by atoms with E-state index in [-0.39, 0.29) is 18.1 Å². The highest BCUT2D eigenvalue weighted by atomic mass is 32.1. The van der Waals surface area contributed by atoms with Gasteiger partial charge in [0.2, 0.25) is 11.0 Å². The molecule has 1 heterocycles. The maximum atomic E-state index is 12.4. The predicted octanol–water partition coefficient (Wildman–Crippen LogP) is 2.80. The molecule has 112 valence electrons. The minimum atomic E-state index is -4.57. The molecule has 2 N–H and O–H groups in total. The zero-order valence-corrected chi connectivity index (χ0v) is 11.3. The van der Waals surface area contributed by atoms with Gasteiger partial charge in [-0.25, -0.2) is 0 Å². The summed E-state index contributed by atoms with van der Waals surface area (Å²) >= 11 is 0.607. The van der Waals surface area contributed by atoms with Crippen molar-refractivity contribution in [1.29, 1.82) is 0 Å². The molecule has 5 nitrogen and oxygen atoms in total. The molecule has 2 rings (SSSR count). The first-order valence-electron chi connectivity index (χ1n) is 5.79. The highest BCUT2D eigenvalue weighted by Gasteiger charge is 2.36. The van der Waals surface area contributed by atoms with Gasteiger partial charge < -0.3 is 10.4 Å². The normalized spacial score (nSPS) is 11.4. The third-order valence-electron chi connectivity index (χ3n) is 2.57. The summed E-state index contributed by atoms with van der Waals surface area (Å²) in [5.74, 6) is -2.16. The van der Waals surface area contributed by atoms with E-state index in [0.717, 1.165) is 0 Å². The SMILES string of the molecule is O=C(O)Cc1ccccc1CNc1nc(C(F)(F)F)ns1.